The summed E-state index contributed by atoms with van der Waals surface area (Å²) in [6.07, 6.45) is -0.569. The van der Waals surface area contributed by atoms with Crippen LogP contribution in [0.2, 0.25) is 5.02 Å². The Morgan fingerprint density at radius 3 is 2.65 bits per heavy atom. The minimum atomic E-state index is -0.569. The van der Waals surface area contributed by atoms with Crippen molar-refractivity contribution in [1.82, 2.24) is 4.90 Å². The molecule has 23 heavy (non-hydrogen) atoms. The van der Waals surface area contributed by atoms with Gasteiger partial charge in [0.05, 0.1) is 13.2 Å². The second-order valence-corrected chi connectivity index (χ2v) is 6.97. The van der Waals surface area contributed by atoms with Gasteiger partial charge in [0, 0.05) is 22.6 Å². The highest BCUT2D eigenvalue weighted by atomic mass is 79.9. The Kier molecular flexibility index (Phi) is 6.48. The molecule has 5 heteroatoms. The summed E-state index contributed by atoms with van der Waals surface area (Å²) < 4.78 is 6.30. The van der Waals surface area contributed by atoms with Crippen molar-refractivity contribution in [2.75, 3.05) is 20.7 Å². The molecule has 1 atom stereocenters. The molecule has 0 aromatic heterocycles. The van der Waals surface area contributed by atoms with E-state index in [1.165, 1.54) is 0 Å². The zero-order valence-electron chi connectivity index (χ0n) is 13.5. The quantitative estimate of drug-likeness (QED) is 0.773. The molecular weight excluding hydrogens is 378 g/mol. The van der Waals surface area contributed by atoms with E-state index in [1.807, 2.05) is 50.4 Å². The Morgan fingerprint density at radius 1 is 1.26 bits per heavy atom. The van der Waals surface area contributed by atoms with Gasteiger partial charge in [-0.1, -0.05) is 45.7 Å². The molecule has 124 valence electrons. The largest absolute Gasteiger partial charge is 0.496 e. The van der Waals surface area contributed by atoms with Crippen LogP contribution in [0, 0.1) is 6.92 Å². The van der Waals surface area contributed by atoms with E-state index in [0.29, 0.717) is 11.6 Å². The number of aliphatic hydroxyl groups is 1. The molecule has 3 nitrogen and oxygen atoms in total. The number of halogens is 2. The number of aliphatic hydroxyl groups excluding tert-OH is 1. The predicted octanol–water partition coefficient (Wildman–Crippen LogP) is 4.58. The highest BCUT2D eigenvalue weighted by molar-refractivity contribution is 9.10. The summed E-state index contributed by atoms with van der Waals surface area (Å²) in [4.78, 5) is 2.07. The summed E-state index contributed by atoms with van der Waals surface area (Å²) in [5.74, 6) is 0.796. The Hall–Kier alpha value is -1.07. The lowest BCUT2D eigenvalue weighted by Gasteiger charge is -2.22. The van der Waals surface area contributed by atoms with Gasteiger partial charge < -0.3 is 9.84 Å². The van der Waals surface area contributed by atoms with E-state index >= 15 is 0 Å². The molecule has 0 aliphatic rings. The molecule has 0 fully saturated rings. The Morgan fingerprint density at radius 2 is 2.00 bits per heavy atom. The van der Waals surface area contributed by atoms with E-state index in [0.717, 1.165) is 33.5 Å². The van der Waals surface area contributed by atoms with Crippen LogP contribution < -0.4 is 4.74 Å². The van der Waals surface area contributed by atoms with Gasteiger partial charge >= 0.3 is 0 Å². The smallest absolute Gasteiger partial charge is 0.122 e. The molecular formula is C18H21BrClNO2. The van der Waals surface area contributed by atoms with Crippen molar-refractivity contribution < 1.29 is 9.84 Å². The maximum Gasteiger partial charge on any atom is 0.122 e. The summed E-state index contributed by atoms with van der Waals surface area (Å²) in [6, 6.07) is 11.5. The normalized spacial score (nSPS) is 12.5. The molecule has 0 amide bonds. The van der Waals surface area contributed by atoms with Crippen molar-refractivity contribution in [3.63, 3.8) is 0 Å². The van der Waals surface area contributed by atoms with Crippen molar-refractivity contribution in [2.24, 2.45) is 0 Å². The van der Waals surface area contributed by atoms with Gasteiger partial charge in [-0.3, -0.25) is 4.90 Å². The molecule has 0 aliphatic heterocycles. The van der Waals surface area contributed by atoms with E-state index in [9.17, 15) is 5.11 Å². The fourth-order valence-electron chi connectivity index (χ4n) is 2.45. The van der Waals surface area contributed by atoms with Crippen LogP contribution in [0.4, 0.5) is 0 Å². The molecule has 0 radical (unpaired) electrons. The third kappa shape index (κ3) is 4.95. The standard InChI is InChI=1S/C18H21BrClNO2/c1-12-4-5-13(8-18(12)23-3)17(22)11-21(2)10-14-6-7-15(20)9-16(14)19/h4-9,17,22H,10-11H2,1-3H3. The van der Waals surface area contributed by atoms with Crippen LogP contribution in [0.1, 0.15) is 22.8 Å². The molecule has 1 unspecified atom stereocenters. The molecule has 0 bridgehead atoms. The lowest BCUT2D eigenvalue weighted by molar-refractivity contribution is 0.123. The summed E-state index contributed by atoms with van der Waals surface area (Å²) in [7, 11) is 3.62. The first-order valence-electron chi connectivity index (χ1n) is 7.35. The number of hydrogen-bond donors (Lipinski definition) is 1. The van der Waals surface area contributed by atoms with Crippen molar-refractivity contribution in [3.05, 3.63) is 62.6 Å². The zero-order chi connectivity index (χ0) is 17.0. The molecule has 0 aliphatic carbocycles. The zero-order valence-corrected chi connectivity index (χ0v) is 15.9. The third-order valence-corrected chi connectivity index (χ3v) is 4.73. The van der Waals surface area contributed by atoms with Gasteiger partial charge in [0.25, 0.3) is 0 Å². The Labute approximate surface area is 151 Å². The highest BCUT2D eigenvalue weighted by Crippen LogP contribution is 2.25. The number of nitrogens with zero attached hydrogens (tertiary/aromatic N) is 1. The third-order valence-electron chi connectivity index (χ3n) is 3.76. The van der Waals surface area contributed by atoms with E-state index < -0.39 is 6.10 Å². The highest BCUT2D eigenvalue weighted by Gasteiger charge is 2.14. The number of rotatable bonds is 6. The minimum Gasteiger partial charge on any atom is -0.496 e. The molecule has 1 N–H and O–H groups in total. The maximum atomic E-state index is 10.5. The fraction of sp³-hybridized carbons (Fsp3) is 0.333. The molecule has 2 aromatic rings. The number of aryl methyl sites for hydroxylation is 1. The minimum absolute atomic E-state index is 0.529. The topological polar surface area (TPSA) is 32.7 Å². The number of benzene rings is 2. The number of likely N-dealkylation sites (N-methyl/N-ethyl adjacent to an activating group) is 1. The fourth-order valence-corrected chi connectivity index (χ4v) is 3.26. The van der Waals surface area contributed by atoms with E-state index in [2.05, 4.69) is 20.8 Å². The molecule has 2 aromatic carbocycles. The van der Waals surface area contributed by atoms with Crippen LogP contribution in [0.5, 0.6) is 5.75 Å². The summed E-state index contributed by atoms with van der Waals surface area (Å²) in [5, 5.41) is 11.2. The Bertz CT molecular complexity index is 678. The summed E-state index contributed by atoms with van der Waals surface area (Å²) >= 11 is 9.49. The predicted molar refractivity (Wildman–Crippen MR) is 98.2 cm³/mol. The summed E-state index contributed by atoms with van der Waals surface area (Å²) in [5.41, 5.74) is 3.04. The van der Waals surface area contributed by atoms with Crippen LogP contribution in [0.15, 0.2) is 40.9 Å². The van der Waals surface area contributed by atoms with Crippen LogP contribution in [-0.2, 0) is 6.54 Å². The van der Waals surface area contributed by atoms with Crippen molar-refractivity contribution in [1.29, 1.82) is 0 Å². The van der Waals surface area contributed by atoms with E-state index in [4.69, 9.17) is 16.3 Å². The first kappa shape index (κ1) is 18.3. The van der Waals surface area contributed by atoms with E-state index in [1.54, 1.807) is 7.11 Å². The van der Waals surface area contributed by atoms with Gasteiger partial charge in [0.15, 0.2) is 0 Å². The monoisotopic (exact) mass is 397 g/mol. The average Bonchev–Trinajstić information content (AvgIpc) is 2.50. The molecule has 0 spiro atoms. The van der Waals surface area contributed by atoms with Crippen LogP contribution in [0.3, 0.4) is 0 Å². The van der Waals surface area contributed by atoms with Gasteiger partial charge in [-0.25, -0.2) is 0 Å². The maximum absolute atomic E-state index is 10.5. The van der Waals surface area contributed by atoms with Gasteiger partial charge in [-0.15, -0.1) is 0 Å². The van der Waals surface area contributed by atoms with Crippen LogP contribution >= 0.6 is 27.5 Å². The number of methoxy groups -OCH3 is 1. The van der Waals surface area contributed by atoms with Crippen molar-refractivity contribution in [2.45, 2.75) is 19.6 Å². The SMILES string of the molecule is COc1cc(C(O)CN(C)Cc2ccc(Cl)cc2Br)ccc1C. The van der Waals surface area contributed by atoms with Gasteiger partial charge in [-0.05, 0) is 48.9 Å². The van der Waals surface area contributed by atoms with Crippen molar-refractivity contribution in [3.8, 4) is 5.75 Å². The summed E-state index contributed by atoms with van der Waals surface area (Å²) in [6.45, 7) is 3.23. The lowest BCUT2D eigenvalue weighted by atomic mass is 10.1. The second kappa shape index (κ2) is 8.15. The lowest BCUT2D eigenvalue weighted by Crippen LogP contribution is -2.24. The van der Waals surface area contributed by atoms with Gasteiger partial charge in [0.1, 0.15) is 5.75 Å². The molecule has 2 rings (SSSR count). The second-order valence-electron chi connectivity index (χ2n) is 5.68. The molecule has 0 saturated heterocycles. The van der Waals surface area contributed by atoms with Crippen LogP contribution in [-0.4, -0.2) is 30.7 Å². The molecule has 0 saturated carbocycles. The first-order chi connectivity index (χ1) is 10.9. The number of hydrogen-bond acceptors (Lipinski definition) is 3. The van der Waals surface area contributed by atoms with Gasteiger partial charge in [-0.2, -0.15) is 0 Å². The average molecular weight is 399 g/mol. The van der Waals surface area contributed by atoms with Crippen molar-refractivity contribution >= 4 is 27.5 Å². The Balaban J connectivity index is 2.03. The number of ether oxygens (including phenoxy) is 1. The van der Waals surface area contributed by atoms with E-state index in [-0.39, 0.29) is 0 Å². The first-order valence-corrected chi connectivity index (χ1v) is 8.53. The van der Waals surface area contributed by atoms with Gasteiger partial charge in [0.2, 0.25) is 0 Å². The molecule has 0 heterocycles. The van der Waals surface area contributed by atoms with Crippen LogP contribution in [0.25, 0.3) is 0 Å².